The fourth-order valence-corrected chi connectivity index (χ4v) is 4.25. The van der Waals surface area contributed by atoms with Gasteiger partial charge in [0.1, 0.15) is 30.0 Å². The number of amides is 1. The Morgan fingerprint density at radius 1 is 1.27 bits per heavy atom. The lowest BCUT2D eigenvalue weighted by Crippen LogP contribution is -2.27. The molecule has 0 fully saturated rings. The number of aromatic nitrogens is 5. The van der Waals surface area contributed by atoms with Crippen molar-refractivity contribution in [2.24, 2.45) is 0 Å². The highest BCUT2D eigenvalue weighted by molar-refractivity contribution is 6.31. The second-order valence-corrected chi connectivity index (χ2v) is 8.61. The summed E-state index contributed by atoms with van der Waals surface area (Å²) in [6.07, 6.45) is 2.85. The van der Waals surface area contributed by atoms with E-state index in [1.54, 1.807) is 38.1 Å². The minimum absolute atomic E-state index is 0.0208. The Labute approximate surface area is 214 Å². The number of pyridine rings is 1. The summed E-state index contributed by atoms with van der Waals surface area (Å²) in [5.74, 6) is -0.625. The van der Waals surface area contributed by atoms with Crippen molar-refractivity contribution in [3.8, 4) is 11.4 Å². The zero-order chi connectivity index (χ0) is 26.1. The van der Waals surface area contributed by atoms with E-state index in [-0.39, 0.29) is 17.4 Å². The molecule has 0 aliphatic carbocycles. The molecule has 9 nitrogen and oxygen atoms in total. The molecule has 0 aliphatic rings. The van der Waals surface area contributed by atoms with Crippen molar-refractivity contribution in [2.45, 2.75) is 26.5 Å². The van der Waals surface area contributed by atoms with Crippen LogP contribution in [0.25, 0.3) is 16.6 Å². The van der Waals surface area contributed by atoms with E-state index in [4.69, 9.17) is 20.8 Å². The molecule has 1 N–H and O–H groups in total. The summed E-state index contributed by atoms with van der Waals surface area (Å²) in [7, 11) is 0. The first-order valence-electron chi connectivity index (χ1n) is 11.1. The van der Waals surface area contributed by atoms with Gasteiger partial charge in [-0.15, -0.1) is 5.10 Å². The monoisotopic (exact) mass is 524 g/mol. The average Bonchev–Trinajstić information content (AvgIpc) is 3.55. The maximum absolute atomic E-state index is 14.3. The largest absolute Gasteiger partial charge is 0.487 e. The van der Waals surface area contributed by atoms with Gasteiger partial charge in [0, 0.05) is 16.6 Å². The molecule has 0 spiro atoms. The van der Waals surface area contributed by atoms with Crippen molar-refractivity contribution >= 4 is 28.4 Å². The van der Waals surface area contributed by atoms with Gasteiger partial charge in [0.2, 0.25) is 5.76 Å². The summed E-state index contributed by atoms with van der Waals surface area (Å²) in [6, 6.07) is 8.89. The second-order valence-electron chi connectivity index (χ2n) is 8.20. The van der Waals surface area contributed by atoms with Gasteiger partial charge in [-0.25, -0.2) is 19.0 Å². The van der Waals surface area contributed by atoms with Crippen LogP contribution in [-0.2, 0) is 6.61 Å². The van der Waals surface area contributed by atoms with E-state index in [1.807, 2.05) is 0 Å². The van der Waals surface area contributed by atoms with Crippen LogP contribution in [0.2, 0.25) is 5.02 Å². The van der Waals surface area contributed by atoms with Crippen LogP contribution in [0.15, 0.2) is 59.7 Å². The number of carbonyl (C=O) groups excluding carboxylic acids is 1. The smallest absolute Gasteiger partial charge is 0.327 e. The molecule has 0 saturated heterocycles. The minimum Gasteiger partial charge on any atom is -0.487 e. The fraction of sp³-hybridized carbons (Fsp3) is 0.160. The normalized spacial score (nSPS) is 12.0. The van der Waals surface area contributed by atoms with Gasteiger partial charge in [0.15, 0.2) is 6.39 Å². The number of aryl methyl sites for hydroxylation is 1. The third-order valence-electron chi connectivity index (χ3n) is 5.66. The van der Waals surface area contributed by atoms with Crippen LogP contribution in [0, 0.1) is 18.8 Å². The van der Waals surface area contributed by atoms with E-state index >= 15 is 0 Å². The Hall–Kier alpha value is -4.38. The Morgan fingerprint density at radius 3 is 2.84 bits per heavy atom. The van der Waals surface area contributed by atoms with Crippen LogP contribution >= 0.6 is 11.6 Å². The fourth-order valence-electron chi connectivity index (χ4n) is 3.98. The van der Waals surface area contributed by atoms with E-state index in [9.17, 15) is 13.6 Å². The molecule has 0 saturated carbocycles. The number of halogens is 3. The molecule has 2 aromatic carbocycles. The number of carbonyl (C=O) groups is 1. The van der Waals surface area contributed by atoms with Gasteiger partial charge in [-0.1, -0.05) is 23.7 Å². The third-order valence-corrected chi connectivity index (χ3v) is 5.99. The summed E-state index contributed by atoms with van der Waals surface area (Å²) in [5.41, 5.74) is 2.66. The van der Waals surface area contributed by atoms with E-state index in [1.165, 1.54) is 29.3 Å². The molecule has 3 heterocycles. The number of hydrogen-bond acceptors (Lipinski definition) is 7. The lowest BCUT2D eigenvalue weighted by molar-refractivity contribution is 0.0911. The van der Waals surface area contributed by atoms with Crippen LogP contribution in [0.5, 0.6) is 5.75 Å². The Kier molecular flexibility index (Phi) is 6.53. The topological polar surface area (TPSA) is 108 Å². The van der Waals surface area contributed by atoms with Gasteiger partial charge in [0.25, 0.3) is 5.91 Å². The zero-order valence-corrected chi connectivity index (χ0v) is 20.3. The maximum atomic E-state index is 14.3. The molecule has 5 rings (SSSR count). The van der Waals surface area contributed by atoms with Crippen molar-refractivity contribution in [3.63, 3.8) is 0 Å². The molecule has 0 unspecified atom stereocenters. The van der Waals surface area contributed by atoms with Gasteiger partial charge in [-0.2, -0.15) is 9.37 Å². The number of para-hydroxylation sites is 1. The van der Waals surface area contributed by atoms with Gasteiger partial charge < -0.3 is 14.5 Å². The molecule has 5 aromatic rings. The molecule has 0 bridgehead atoms. The molecule has 0 aliphatic heterocycles. The van der Waals surface area contributed by atoms with Gasteiger partial charge in [-0.3, -0.25) is 4.79 Å². The van der Waals surface area contributed by atoms with Crippen molar-refractivity contribution in [3.05, 3.63) is 94.8 Å². The van der Waals surface area contributed by atoms with E-state index in [0.717, 1.165) is 6.39 Å². The highest BCUT2D eigenvalue weighted by Crippen LogP contribution is 2.32. The number of nitrogens with one attached hydrogen (secondary N) is 1. The number of ether oxygens (including phenoxy) is 1. The van der Waals surface area contributed by atoms with Gasteiger partial charge >= 0.3 is 6.08 Å². The standard InChI is InChI=1S/C25H19ClF2N6O3/c1-13-6-20(34-11-30-25(28)33-34)16-4-3-5-21(23(16)31-13)36-10-18-17(7-15(27)8-19(18)26)14(2)32-24(35)22-9-29-12-37-22/h3-9,11-12,14H,10H2,1-2H3,(H,32,35)/t14-/m0/s1. The first-order valence-corrected chi connectivity index (χ1v) is 11.5. The van der Waals surface area contributed by atoms with Crippen molar-refractivity contribution in [1.82, 2.24) is 30.0 Å². The Bertz CT molecular complexity index is 1610. The van der Waals surface area contributed by atoms with Gasteiger partial charge in [-0.05, 0) is 43.7 Å². The summed E-state index contributed by atoms with van der Waals surface area (Å²) in [4.78, 5) is 24.3. The lowest BCUT2D eigenvalue weighted by Gasteiger charge is -2.20. The molecular weight excluding hydrogens is 506 g/mol. The number of rotatable bonds is 7. The third kappa shape index (κ3) is 4.98. The predicted octanol–water partition coefficient (Wildman–Crippen LogP) is 5.11. The average molecular weight is 525 g/mol. The van der Waals surface area contributed by atoms with E-state index in [0.29, 0.717) is 39.2 Å². The highest BCUT2D eigenvalue weighted by atomic mass is 35.5. The lowest BCUT2D eigenvalue weighted by atomic mass is 10.0. The quantitative estimate of drug-likeness (QED) is 0.315. The van der Waals surface area contributed by atoms with Crippen molar-refractivity contribution in [1.29, 1.82) is 0 Å². The number of oxazole rings is 1. The van der Waals surface area contributed by atoms with Crippen LogP contribution in [-0.4, -0.2) is 30.6 Å². The van der Waals surface area contributed by atoms with Crippen molar-refractivity contribution in [2.75, 3.05) is 0 Å². The molecular formula is C25H19ClF2N6O3. The van der Waals surface area contributed by atoms with Crippen LogP contribution in [0.1, 0.15) is 40.3 Å². The Balaban J connectivity index is 1.47. The second kappa shape index (κ2) is 9.94. The van der Waals surface area contributed by atoms with Crippen LogP contribution in [0.4, 0.5) is 8.78 Å². The number of nitrogens with zero attached hydrogens (tertiary/aromatic N) is 5. The molecule has 1 atom stereocenters. The number of hydrogen-bond donors (Lipinski definition) is 1. The van der Waals surface area contributed by atoms with Crippen LogP contribution in [0.3, 0.4) is 0 Å². The molecule has 12 heteroatoms. The molecule has 37 heavy (non-hydrogen) atoms. The van der Waals surface area contributed by atoms with Gasteiger partial charge in [0.05, 0.1) is 22.9 Å². The summed E-state index contributed by atoms with van der Waals surface area (Å²) < 4.78 is 40.2. The SMILES string of the molecule is Cc1cc(-n2cnc(F)n2)c2cccc(OCc3c(Cl)cc(F)cc3[C@H](C)NC(=O)c3cnco3)c2n1. The molecule has 188 valence electrons. The predicted molar refractivity (Wildman–Crippen MR) is 129 cm³/mol. The zero-order valence-electron chi connectivity index (χ0n) is 19.6. The first-order chi connectivity index (χ1) is 17.8. The summed E-state index contributed by atoms with van der Waals surface area (Å²) in [6.45, 7) is 3.44. The Morgan fingerprint density at radius 2 is 2.11 bits per heavy atom. The molecule has 0 radical (unpaired) electrons. The summed E-state index contributed by atoms with van der Waals surface area (Å²) in [5, 5.41) is 7.30. The summed E-state index contributed by atoms with van der Waals surface area (Å²) >= 11 is 6.40. The maximum Gasteiger partial charge on any atom is 0.327 e. The van der Waals surface area contributed by atoms with Crippen LogP contribution < -0.4 is 10.1 Å². The van der Waals surface area contributed by atoms with E-state index < -0.39 is 23.8 Å². The van der Waals surface area contributed by atoms with Crippen molar-refractivity contribution < 1.29 is 22.7 Å². The molecule has 3 aromatic heterocycles. The minimum atomic E-state index is -0.849. The van der Waals surface area contributed by atoms with E-state index in [2.05, 4.69) is 25.4 Å². The number of benzene rings is 2. The molecule has 1 amide bonds. The first kappa shape index (κ1) is 24.3. The highest BCUT2D eigenvalue weighted by Gasteiger charge is 2.21. The number of fused-ring (bicyclic) bond motifs is 1.